The molecule has 3 nitrogen and oxygen atoms in total. The number of hydrogen-bond acceptors (Lipinski definition) is 3. The van der Waals surface area contributed by atoms with Crippen molar-refractivity contribution in [2.45, 2.75) is 13.8 Å². The number of ether oxygens (including phenoxy) is 1. The van der Waals surface area contributed by atoms with Crippen LogP contribution in [0.3, 0.4) is 0 Å². The fourth-order valence-corrected chi connectivity index (χ4v) is 1.82. The van der Waals surface area contributed by atoms with Crippen LogP contribution in [0.2, 0.25) is 0 Å². The molecule has 0 atom stereocenters. The summed E-state index contributed by atoms with van der Waals surface area (Å²) < 4.78 is 5.42. The van der Waals surface area contributed by atoms with Gasteiger partial charge in [0.2, 0.25) is 5.78 Å². The largest absolute Gasteiger partial charge is 0.450 e. The van der Waals surface area contributed by atoms with Crippen molar-refractivity contribution in [3.8, 4) is 6.07 Å². The molecule has 18 heavy (non-hydrogen) atoms. The lowest BCUT2D eigenvalue weighted by atomic mass is 10.1. The maximum Gasteiger partial charge on any atom is 0.244 e. The highest BCUT2D eigenvalue weighted by molar-refractivity contribution is 6.48. The highest BCUT2D eigenvalue weighted by atomic mass is 35.5. The van der Waals surface area contributed by atoms with Gasteiger partial charge >= 0.3 is 0 Å². The number of aryl methyl sites for hydroxylation is 1. The quantitative estimate of drug-likeness (QED) is 0.574. The van der Waals surface area contributed by atoms with E-state index in [1.807, 2.05) is 37.3 Å². The van der Waals surface area contributed by atoms with Gasteiger partial charge in [0, 0.05) is 5.56 Å². The fourth-order valence-electron chi connectivity index (χ4n) is 1.58. The van der Waals surface area contributed by atoms with Gasteiger partial charge in [-0.1, -0.05) is 41.4 Å². The van der Waals surface area contributed by atoms with Crippen LogP contribution >= 0.6 is 11.6 Å². The monoisotopic (exact) mass is 259 g/mol. The van der Waals surface area contributed by atoms with Gasteiger partial charge in [-0.25, -0.2) is 0 Å². The Kier molecular flexibility index (Phi) is 3.22. The number of nitrogens with zero attached hydrogens (tertiary/aromatic N) is 1. The lowest BCUT2D eigenvalue weighted by Gasteiger charge is -2.04. The second-order valence-electron chi connectivity index (χ2n) is 4.01. The average Bonchev–Trinajstić information content (AvgIpc) is 2.67. The van der Waals surface area contributed by atoms with E-state index in [2.05, 4.69) is 0 Å². The van der Waals surface area contributed by atoms with Crippen molar-refractivity contribution in [2.24, 2.45) is 0 Å². The van der Waals surface area contributed by atoms with E-state index in [1.54, 1.807) is 0 Å². The fraction of sp³-hybridized carbons (Fsp3) is 0.143. The van der Waals surface area contributed by atoms with E-state index in [1.165, 1.54) is 6.92 Å². The number of halogens is 1. The zero-order chi connectivity index (χ0) is 13.3. The highest BCUT2D eigenvalue weighted by Crippen LogP contribution is 2.35. The Hall–Kier alpha value is -2.05. The number of carbonyl (C=O) groups is 1. The average molecular weight is 260 g/mol. The molecule has 0 N–H and O–H groups in total. The van der Waals surface area contributed by atoms with Gasteiger partial charge in [-0.2, -0.15) is 5.26 Å². The summed E-state index contributed by atoms with van der Waals surface area (Å²) in [5, 5.41) is 8.81. The molecule has 0 saturated heterocycles. The van der Waals surface area contributed by atoms with Crippen LogP contribution in [0.15, 0.2) is 40.6 Å². The number of allylic oxidation sites excluding steroid dienone is 2. The van der Waals surface area contributed by atoms with E-state index in [-0.39, 0.29) is 16.4 Å². The predicted octanol–water partition coefficient (Wildman–Crippen LogP) is 3.30. The van der Waals surface area contributed by atoms with Crippen LogP contribution in [0.1, 0.15) is 18.1 Å². The Morgan fingerprint density at radius 3 is 2.50 bits per heavy atom. The molecule has 1 aromatic rings. The summed E-state index contributed by atoms with van der Waals surface area (Å²) in [7, 11) is 0. The van der Waals surface area contributed by atoms with Crippen LogP contribution in [-0.2, 0) is 9.53 Å². The topological polar surface area (TPSA) is 50.1 Å². The maximum atomic E-state index is 11.8. The minimum Gasteiger partial charge on any atom is -0.450 e. The Balaban J connectivity index is 2.46. The van der Waals surface area contributed by atoms with E-state index in [0.29, 0.717) is 5.76 Å². The van der Waals surface area contributed by atoms with Crippen molar-refractivity contribution < 1.29 is 9.53 Å². The van der Waals surface area contributed by atoms with Gasteiger partial charge in [0.25, 0.3) is 0 Å². The molecule has 0 aliphatic carbocycles. The van der Waals surface area contributed by atoms with Gasteiger partial charge in [-0.3, -0.25) is 4.79 Å². The molecule has 90 valence electrons. The third-order valence-corrected chi connectivity index (χ3v) is 2.97. The number of hydrogen-bond donors (Lipinski definition) is 0. The van der Waals surface area contributed by atoms with Crippen LogP contribution in [0.5, 0.6) is 0 Å². The first-order valence-electron chi connectivity index (χ1n) is 5.35. The molecule has 0 saturated carbocycles. The first kappa shape index (κ1) is 12.4. The molecule has 0 aromatic heterocycles. The van der Waals surface area contributed by atoms with Crippen molar-refractivity contribution in [1.82, 2.24) is 0 Å². The molecule has 4 heteroatoms. The van der Waals surface area contributed by atoms with Gasteiger partial charge in [0.15, 0.2) is 11.5 Å². The molecule has 1 aromatic carbocycles. The minimum atomic E-state index is -0.439. The van der Waals surface area contributed by atoms with Crippen molar-refractivity contribution in [3.63, 3.8) is 0 Å². The summed E-state index contributed by atoms with van der Waals surface area (Å²) in [6.45, 7) is 3.49. The number of Topliss-reactive ketones (excluding diaryl/α,β-unsaturated/α-hetero) is 1. The van der Waals surface area contributed by atoms with Gasteiger partial charge < -0.3 is 4.74 Å². The molecular weight excluding hydrogens is 250 g/mol. The molecule has 0 radical (unpaired) electrons. The normalized spacial score (nSPS) is 17.6. The summed E-state index contributed by atoms with van der Waals surface area (Å²) in [5.74, 6) is -0.115. The van der Waals surface area contributed by atoms with Crippen molar-refractivity contribution in [3.05, 3.63) is 51.8 Å². The molecule has 1 aliphatic rings. The number of carbonyl (C=O) groups excluding carboxylic acids is 1. The Morgan fingerprint density at radius 2 is 1.94 bits per heavy atom. The van der Waals surface area contributed by atoms with Crippen molar-refractivity contribution >= 4 is 23.1 Å². The Labute approximate surface area is 110 Å². The number of benzene rings is 1. The number of rotatable bonds is 1. The smallest absolute Gasteiger partial charge is 0.244 e. The summed E-state index contributed by atoms with van der Waals surface area (Å²) in [6, 6.07) is 9.34. The number of nitriles is 1. The van der Waals surface area contributed by atoms with Crippen LogP contribution in [-0.4, -0.2) is 5.78 Å². The van der Waals surface area contributed by atoms with Crippen LogP contribution in [0.25, 0.3) is 5.76 Å². The lowest BCUT2D eigenvalue weighted by Crippen LogP contribution is -1.98. The zero-order valence-corrected chi connectivity index (χ0v) is 10.7. The first-order chi connectivity index (χ1) is 8.54. The van der Waals surface area contributed by atoms with Crippen LogP contribution < -0.4 is 0 Å². The SMILES string of the molecule is C/C(C#N)=C1/OC(c2ccc(C)cc2)=C(Cl)C1=O. The third kappa shape index (κ3) is 2.03. The van der Waals surface area contributed by atoms with Gasteiger partial charge in [0.1, 0.15) is 5.03 Å². The molecule has 0 fully saturated rings. The van der Waals surface area contributed by atoms with Crippen molar-refractivity contribution in [1.29, 1.82) is 5.26 Å². The van der Waals surface area contributed by atoms with Gasteiger partial charge in [0.05, 0.1) is 11.6 Å². The molecule has 0 amide bonds. The van der Waals surface area contributed by atoms with Crippen molar-refractivity contribution in [2.75, 3.05) is 0 Å². The molecule has 2 rings (SSSR count). The van der Waals surface area contributed by atoms with E-state index in [4.69, 9.17) is 21.6 Å². The van der Waals surface area contributed by atoms with Crippen LogP contribution in [0.4, 0.5) is 0 Å². The maximum absolute atomic E-state index is 11.8. The molecule has 0 spiro atoms. The Morgan fingerprint density at radius 1 is 1.33 bits per heavy atom. The molecule has 1 heterocycles. The lowest BCUT2D eigenvalue weighted by molar-refractivity contribution is -0.112. The summed E-state index contributed by atoms with van der Waals surface area (Å²) in [4.78, 5) is 11.8. The predicted molar refractivity (Wildman–Crippen MR) is 68.4 cm³/mol. The number of ketones is 1. The second kappa shape index (κ2) is 4.67. The van der Waals surface area contributed by atoms with Gasteiger partial charge in [-0.15, -0.1) is 0 Å². The van der Waals surface area contributed by atoms with E-state index in [0.717, 1.165) is 11.1 Å². The second-order valence-corrected chi connectivity index (χ2v) is 4.38. The molecule has 0 bridgehead atoms. The third-order valence-electron chi connectivity index (χ3n) is 2.63. The highest BCUT2D eigenvalue weighted by Gasteiger charge is 2.31. The van der Waals surface area contributed by atoms with Gasteiger partial charge in [-0.05, 0) is 13.8 Å². The summed E-state index contributed by atoms with van der Waals surface area (Å²) in [5.41, 5.74) is 2.05. The zero-order valence-electron chi connectivity index (χ0n) is 9.95. The molecule has 1 aliphatic heterocycles. The summed E-state index contributed by atoms with van der Waals surface area (Å²) >= 11 is 5.96. The van der Waals surface area contributed by atoms with Crippen LogP contribution in [0, 0.1) is 18.3 Å². The molecule has 0 unspecified atom stereocenters. The first-order valence-corrected chi connectivity index (χ1v) is 5.72. The minimum absolute atomic E-state index is 0.0121. The molecular formula is C14H10ClNO2. The Bertz CT molecular complexity index is 618. The van der Waals surface area contributed by atoms with E-state index in [9.17, 15) is 4.79 Å². The summed E-state index contributed by atoms with van der Waals surface area (Å²) in [6.07, 6.45) is 0. The van der Waals surface area contributed by atoms with E-state index < -0.39 is 5.78 Å². The van der Waals surface area contributed by atoms with E-state index >= 15 is 0 Å². The standard InChI is InChI=1S/C14H10ClNO2/c1-8-3-5-10(6-4-8)14-11(15)12(17)13(18-14)9(2)7-16/h3-6H,1-2H3/b13-9-.